The highest BCUT2D eigenvalue weighted by Crippen LogP contribution is 2.24. The van der Waals surface area contributed by atoms with Gasteiger partial charge in [0.15, 0.2) is 0 Å². The van der Waals surface area contributed by atoms with Crippen molar-refractivity contribution in [1.29, 1.82) is 0 Å². The second-order valence-corrected chi connectivity index (χ2v) is 3.61. The first-order chi connectivity index (χ1) is 6.75. The average molecular weight is 306 g/mol. The van der Waals surface area contributed by atoms with E-state index in [2.05, 4.69) is 4.74 Å². The minimum Gasteiger partial charge on any atom is -0.461 e. The summed E-state index contributed by atoms with van der Waals surface area (Å²) in [6.07, 6.45) is -2.23. The van der Waals surface area contributed by atoms with E-state index < -0.39 is 24.0 Å². The number of aliphatic hydroxyl groups excluding tert-OH is 1. The molecule has 7 heteroatoms. The number of rotatable bonds is 5. The van der Waals surface area contributed by atoms with E-state index in [1.54, 1.807) is 13.8 Å². The number of carbonyl (C=O) groups is 1. The van der Waals surface area contributed by atoms with Crippen molar-refractivity contribution in [2.75, 3.05) is 6.61 Å². The van der Waals surface area contributed by atoms with Gasteiger partial charge in [0.25, 0.3) is 0 Å². The predicted octanol–water partition coefficient (Wildman–Crippen LogP) is 1.11. The number of ether oxygens (including phenoxy) is 1. The first-order valence-electron chi connectivity index (χ1n) is 4.73. The molecule has 0 radical (unpaired) electrons. The summed E-state index contributed by atoms with van der Waals surface area (Å²) in [4.78, 5) is 10.8. The Hall–Kier alpha value is -0.270. The first-order valence-corrected chi connectivity index (χ1v) is 4.73. The molecule has 0 aromatic carbocycles. The third-order valence-corrected chi connectivity index (χ3v) is 2.05. The minimum absolute atomic E-state index is 0. The number of aliphatic hydroxyl groups is 1. The molecule has 0 aromatic heterocycles. The SMILES string of the molecule is Br.CCOC(=O)C(F)(F)C(O)[C@@H](N)C(C)C. The quantitative estimate of drug-likeness (QED) is 0.746. The molecule has 16 heavy (non-hydrogen) atoms. The molecule has 0 bridgehead atoms. The topological polar surface area (TPSA) is 72.5 Å². The lowest BCUT2D eigenvalue weighted by Gasteiger charge is -2.27. The summed E-state index contributed by atoms with van der Waals surface area (Å²) in [5.74, 6) is -6.06. The number of halogens is 3. The van der Waals surface area contributed by atoms with Gasteiger partial charge in [0.2, 0.25) is 0 Å². The highest BCUT2D eigenvalue weighted by Gasteiger charge is 2.51. The summed E-state index contributed by atoms with van der Waals surface area (Å²) in [6.45, 7) is 4.39. The molecular formula is C9H18BrF2NO3. The summed E-state index contributed by atoms with van der Waals surface area (Å²) in [5, 5.41) is 9.24. The largest absolute Gasteiger partial charge is 0.461 e. The van der Waals surface area contributed by atoms with Gasteiger partial charge in [-0.1, -0.05) is 13.8 Å². The van der Waals surface area contributed by atoms with Crippen LogP contribution in [0.1, 0.15) is 20.8 Å². The zero-order chi connectivity index (χ0) is 12.2. The molecule has 0 aromatic rings. The lowest BCUT2D eigenvalue weighted by molar-refractivity contribution is -0.191. The Morgan fingerprint density at radius 3 is 2.25 bits per heavy atom. The van der Waals surface area contributed by atoms with E-state index in [4.69, 9.17) is 5.73 Å². The van der Waals surface area contributed by atoms with Gasteiger partial charge in [0, 0.05) is 6.04 Å². The Morgan fingerprint density at radius 2 is 1.94 bits per heavy atom. The normalized spacial score (nSPS) is 15.2. The standard InChI is InChI=1S/C9H17F2NO3.BrH/c1-4-15-8(14)9(10,11)7(13)6(12)5(2)3;/h5-7,13H,4,12H2,1-3H3;1H/t6-,7?;/m0./s1. The van der Waals surface area contributed by atoms with Crippen molar-refractivity contribution in [3.8, 4) is 0 Å². The molecule has 0 aliphatic rings. The molecule has 0 aliphatic carbocycles. The van der Waals surface area contributed by atoms with E-state index in [-0.39, 0.29) is 29.5 Å². The van der Waals surface area contributed by atoms with Crippen molar-refractivity contribution < 1.29 is 23.4 Å². The van der Waals surface area contributed by atoms with Gasteiger partial charge in [-0.05, 0) is 12.8 Å². The maximum absolute atomic E-state index is 13.2. The van der Waals surface area contributed by atoms with Gasteiger partial charge in [0.05, 0.1) is 6.61 Å². The van der Waals surface area contributed by atoms with E-state index in [9.17, 15) is 18.7 Å². The van der Waals surface area contributed by atoms with Gasteiger partial charge in [-0.3, -0.25) is 0 Å². The molecule has 4 nitrogen and oxygen atoms in total. The van der Waals surface area contributed by atoms with Crippen molar-refractivity contribution in [2.24, 2.45) is 11.7 Å². The zero-order valence-electron chi connectivity index (χ0n) is 9.44. The summed E-state index contributed by atoms with van der Waals surface area (Å²) >= 11 is 0. The van der Waals surface area contributed by atoms with Gasteiger partial charge < -0.3 is 15.6 Å². The molecule has 0 saturated carbocycles. The van der Waals surface area contributed by atoms with Crippen LogP contribution in [-0.4, -0.2) is 35.8 Å². The molecule has 3 N–H and O–H groups in total. The van der Waals surface area contributed by atoms with Crippen LogP contribution in [0.2, 0.25) is 0 Å². The lowest BCUT2D eigenvalue weighted by atomic mass is 9.95. The van der Waals surface area contributed by atoms with Crippen molar-refractivity contribution in [3.63, 3.8) is 0 Å². The Balaban J connectivity index is 0. The van der Waals surface area contributed by atoms with Crippen LogP contribution in [-0.2, 0) is 9.53 Å². The summed E-state index contributed by atoms with van der Waals surface area (Å²) in [7, 11) is 0. The molecule has 0 saturated heterocycles. The Labute approximate surface area is 104 Å². The minimum atomic E-state index is -3.96. The Bertz CT molecular complexity index is 227. The lowest BCUT2D eigenvalue weighted by Crippen LogP contribution is -2.54. The average Bonchev–Trinajstić information content (AvgIpc) is 2.15. The Morgan fingerprint density at radius 1 is 1.50 bits per heavy atom. The number of esters is 1. The summed E-state index contributed by atoms with van der Waals surface area (Å²) < 4.78 is 30.6. The molecule has 0 heterocycles. The number of nitrogens with two attached hydrogens (primary N) is 1. The molecule has 0 fully saturated rings. The van der Waals surface area contributed by atoms with Gasteiger partial charge in [0.1, 0.15) is 6.10 Å². The Kier molecular flexibility index (Phi) is 8.07. The van der Waals surface area contributed by atoms with Gasteiger partial charge in [-0.25, -0.2) is 4.79 Å². The van der Waals surface area contributed by atoms with Crippen LogP contribution in [0.4, 0.5) is 8.78 Å². The van der Waals surface area contributed by atoms with E-state index in [1.165, 1.54) is 6.92 Å². The fraction of sp³-hybridized carbons (Fsp3) is 0.889. The fourth-order valence-electron chi connectivity index (χ4n) is 0.954. The second kappa shape index (κ2) is 7.13. The van der Waals surface area contributed by atoms with Gasteiger partial charge >= 0.3 is 11.9 Å². The van der Waals surface area contributed by atoms with Crippen LogP contribution in [0.5, 0.6) is 0 Å². The van der Waals surface area contributed by atoms with Gasteiger partial charge in [-0.2, -0.15) is 8.78 Å². The molecule has 0 amide bonds. The third-order valence-electron chi connectivity index (χ3n) is 2.05. The monoisotopic (exact) mass is 305 g/mol. The van der Waals surface area contributed by atoms with Crippen LogP contribution >= 0.6 is 17.0 Å². The van der Waals surface area contributed by atoms with E-state index >= 15 is 0 Å². The molecule has 0 rings (SSSR count). The number of hydrogen-bond acceptors (Lipinski definition) is 4. The third kappa shape index (κ3) is 4.31. The van der Waals surface area contributed by atoms with E-state index in [0.717, 1.165) is 0 Å². The van der Waals surface area contributed by atoms with Crippen LogP contribution in [0, 0.1) is 5.92 Å². The molecule has 1 unspecified atom stereocenters. The smallest absolute Gasteiger partial charge is 0.379 e. The van der Waals surface area contributed by atoms with Crippen LogP contribution < -0.4 is 5.73 Å². The van der Waals surface area contributed by atoms with Crippen molar-refractivity contribution in [2.45, 2.75) is 38.8 Å². The van der Waals surface area contributed by atoms with E-state index in [1.807, 2.05) is 0 Å². The van der Waals surface area contributed by atoms with Crippen LogP contribution in [0.3, 0.4) is 0 Å². The molecule has 0 spiro atoms. The molecule has 2 atom stereocenters. The highest BCUT2D eigenvalue weighted by atomic mass is 79.9. The molecular weight excluding hydrogens is 288 g/mol. The summed E-state index contributed by atoms with van der Waals surface area (Å²) in [5.41, 5.74) is 5.34. The zero-order valence-corrected chi connectivity index (χ0v) is 11.2. The van der Waals surface area contributed by atoms with Crippen molar-refractivity contribution in [1.82, 2.24) is 0 Å². The number of carbonyl (C=O) groups excluding carboxylic acids is 1. The van der Waals surface area contributed by atoms with E-state index in [0.29, 0.717) is 0 Å². The molecule has 98 valence electrons. The van der Waals surface area contributed by atoms with Crippen molar-refractivity contribution >= 4 is 23.0 Å². The maximum atomic E-state index is 13.2. The van der Waals surface area contributed by atoms with Crippen LogP contribution in [0.25, 0.3) is 0 Å². The number of alkyl halides is 2. The fourth-order valence-corrected chi connectivity index (χ4v) is 0.954. The predicted molar refractivity (Wildman–Crippen MR) is 60.7 cm³/mol. The van der Waals surface area contributed by atoms with Crippen LogP contribution in [0.15, 0.2) is 0 Å². The first kappa shape index (κ1) is 18.1. The maximum Gasteiger partial charge on any atom is 0.379 e. The molecule has 0 aliphatic heterocycles. The second-order valence-electron chi connectivity index (χ2n) is 3.61. The highest BCUT2D eigenvalue weighted by molar-refractivity contribution is 8.93. The van der Waals surface area contributed by atoms with Gasteiger partial charge in [-0.15, -0.1) is 17.0 Å². The summed E-state index contributed by atoms with van der Waals surface area (Å²) in [6, 6.07) is -1.18. The van der Waals surface area contributed by atoms with Crippen molar-refractivity contribution in [3.05, 3.63) is 0 Å². The number of hydrogen-bond donors (Lipinski definition) is 2.